The molecule has 2 saturated carbocycles. The number of hydrogen-bond acceptors (Lipinski definition) is 7. The van der Waals surface area contributed by atoms with E-state index in [0.717, 1.165) is 31.7 Å². The molecular weight excluding hydrogens is 488 g/mol. The highest BCUT2D eigenvalue weighted by Crippen LogP contribution is 2.69. The van der Waals surface area contributed by atoms with Gasteiger partial charge < -0.3 is 15.2 Å². The number of para-hydroxylation sites is 1. The van der Waals surface area contributed by atoms with Crippen molar-refractivity contribution in [3.05, 3.63) is 44.4 Å². The molecule has 8 nitrogen and oxygen atoms in total. The first kappa shape index (κ1) is 22.8. The number of thiazole rings is 1. The molecule has 3 N–H and O–H groups in total. The zero-order valence-corrected chi connectivity index (χ0v) is 20.8. The topological polar surface area (TPSA) is 128 Å². The summed E-state index contributed by atoms with van der Waals surface area (Å²) >= 11 is 2.71. The summed E-state index contributed by atoms with van der Waals surface area (Å²) in [4.78, 5) is 56.3. The van der Waals surface area contributed by atoms with Crippen LogP contribution in [-0.4, -0.2) is 49.2 Å². The largest absolute Gasteiger partial charge is 0.508 e. The van der Waals surface area contributed by atoms with Crippen LogP contribution in [0.2, 0.25) is 0 Å². The highest BCUT2D eigenvalue weighted by molar-refractivity contribution is 8.00. The molecule has 2 aliphatic heterocycles. The van der Waals surface area contributed by atoms with E-state index in [1.165, 1.54) is 0 Å². The van der Waals surface area contributed by atoms with Crippen LogP contribution >= 0.6 is 23.1 Å². The maximum Gasteiger partial charge on any atom is 0.326 e. The van der Waals surface area contributed by atoms with Crippen molar-refractivity contribution in [3.63, 3.8) is 0 Å². The van der Waals surface area contributed by atoms with Crippen molar-refractivity contribution in [3.8, 4) is 5.75 Å². The van der Waals surface area contributed by atoms with Gasteiger partial charge in [-0.1, -0.05) is 43.4 Å². The highest BCUT2D eigenvalue weighted by atomic mass is 32.2. The van der Waals surface area contributed by atoms with Crippen LogP contribution in [0.25, 0.3) is 0 Å². The number of thioether (sulfide) groups is 1. The Labute approximate surface area is 209 Å². The van der Waals surface area contributed by atoms with Gasteiger partial charge in [0.1, 0.15) is 11.8 Å². The van der Waals surface area contributed by atoms with E-state index in [-0.39, 0.29) is 63.7 Å². The van der Waals surface area contributed by atoms with E-state index in [0.29, 0.717) is 6.42 Å². The first-order valence-corrected chi connectivity index (χ1v) is 13.7. The molecule has 35 heavy (non-hydrogen) atoms. The monoisotopic (exact) mass is 514 g/mol. The number of H-pyrrole nitrogens is 1. The predicted molar refractivity (Wildman–Crippen MR) is 129 cm³/mol. The van der Waals surface area contributed by atoms with Crippen molar-refractivity contribution in [2.45, 2.75) is 48.9 Å². The molecule has 2 bridgehead atoms. The van der Waals surface area contributed by atoms with Crippen molar-refractivity contribution < 1.29 is 24.6 Å². The number of hydrogen-bond donors (Lipinski definition) is 3. The fourth-order valence-electron chi connectivity index (χ4n) is 7.21. The zero-order chi connectivity index (χ0) is 24.8. The van der Waals surface area contributed by atoms with Gasteiger partial charge in [0.25, 0.3) is 0 Å². The van der Waals surface area contributed by atoms with Crippen LogP contribution in [-0.2, 0) is 14.4 Å². The summed E-state index contributed by atoms with van der Waals surface area (Å²) in [5, 5.41) is 21.4. The number of carbonyl (C=O) groups is 3. The Morgan fingerprint density at radius 1 is 1.14 bits per heavy atom. The first-order valence-electron chi connectivity index (χ1n) is 12.0. The molecule has 1 saturated heterocycles. The number of amides is 2. The Kier molecular flexibility index (Phi) is 5.20. The van der Waals surface area contributed by atoms with E-state index in [9.17, 15) is 29.4 Å². The minimum atomic E-state index is -1.15. The molecule has 2 aromatic rings. The van der Waals surface area contributed by atoms with E-state index in [1.807, 2.05) is 26.0 Å². The van der Waals surface area contributed by atoms with Gasteiger partial charge in [0, 0.05) is 21.6 Å². The molecule has 10 heteroatoms. The summed E-state index contributed by atoms with van der Waals surface area (Å²) in [6.07, 6.45) is 0.941. The predicted octanol–water partition coefficient (Wildman–Crippen LogP) is 3.11. The lowest BCUT2D eigenvalue weighted by Gasteiger charge is -2.43. The summed E-state index contributed by atoms with van der Waals surface area (Å²) in [5.41, 5.74) is 0.722. The standard InChI is InChI=1S/C25H26N2O6S2/c1-9(2)7-13(24(31)32)27-22(29)17-11-8-12(18(17)23(27)30)19-16(11)15(10-5-3-4-6-14(10)28)20-21(34-19)26-25(33)35-20/h3-6,9,11-13,15-19,28H,7-8H2,1-2H3,(H,26,33)(H,31,32)/t11-,12+,13-,15+,16+,17-,18+,19-/m1/s1. The lowest BCUT2D eigenvalue weighted by Crippen LogP contribution is -2.47. The number of benzene rings is 1. The van der Waals surface area contributed by atoms with Crippen molar-refractivity contribution in [1.82, 2.24) is 9.88 Å². The van der Waals surface area contributed by atoms with Gasteiger partial charge >= 0.3 is 10.8 Å². The molecule has 4 aliphatic rings. The van der Waals surface area contributed by atoms with Crippen molar-refractivity contribution in [1.29, 1.82) is 0 Å². The second-order valence-electron chi connectivity index (χ2n) is 10.5. The average molecular weight is 515 g/mol. The normalized spacial score (nSPS) is 33.7. The second kappa shape index (κ2) is 7.96. The Bertz CT molecular complexity index is 1300. The smallest absolute Gasteiger partial charge is 0.326 e. The number of nitrogens with one attached hydrogen (secondary N) is 1. The lowest BCUT2D eigenvalue weighted by molar-refractivity contribution is -0.156. The molecule has 2 aliphatic carbocycles. The van der Waals surface area contributed by atoms with Gasteiger partial charge in [0.05, 0.1) is 16.9 Å². The lowest BCUT2D eigenvalue weighted by atomic mass is 9.68. The number of rotatable bonds is 5. The van der Waals surface area contributed by atoms with E-state index >= 15 is 0 Å². The number of fused-ring (bicyclic) bond motifs is 9. The van der Waals surface area contributed by atoms with Gasteiger partial charge in [-0.25, -0.2) is 4.79 Å². The van der Waals surface area contributed by atoms with Gasteiger partial charge in [-0.3, -0.25) is 19.3 Å². The zero-order valence-electron chi connectivity index (χ0n) is 19.2. The molecule has 184 valence electrons. The molecule has 1 aromatic heterocycles. The summed E-state index contributed by atoms with van der Waals surface area (Å²) in [6, 6.07) is 5.95. The van der Waals surface area contributed by atoms with Crippen LogP contribution < -0.4 is 4.87 Å². The SMILES string of the molecule is CC(C)C[C@H](C(=O)O)N1C(=O)[C@@H]2[C@@H]3C[C@H]([C@H]4Sc5[nH]c(=O)sc5[C@@H](c5ccccc5O)[C@H]34)[C@@H]2C1=O. The number of nitrogens with zero attached hydrogens (tertiary/aromatic N) is 1. The van der Waals surface area contributed by atoms with Gasteiger partial charge in [-0.2, -0.15) is 0 Å². The van der Waals surface area contributed by atoms with Gasteiger partial charge in [0.2, 0.25) is 11.8 Å². The van der Waals surface area contributed by atoms with Crippen LogP contribution in [0.15, 0.2) is 34.1 Å². The highest BCUT2D eigenvalue weighted by Gasteiger charge is 2.70. The van der Waals surface area contributed by atoms with Gasteiger partial charge in [-0.05, 0) is 42.6 Å². The maximum absolute atomic E-state index is 13.7. The van der Waals surface area contributed by atoms with Gasteiger partial charge in [0.15, 0.2) is 0 Å². The van der Waals surface area contributed by atoms with E-state index in [4.69, 9.17) is 0 Å². The molecule has 2 amide bonds. The Morgan fingerprint density at radius 3 is 2.49 bits per heavy atom. The third kappa shape index (κ3) is 3.18. The Balaban J connectivity index is 1.43. The van der Waals surface area contributed by atoms with Crippen LogP contribution in [0.1, 0.15) is 43.0 Å². The Morgan fingerprint density at radius 2 is 1.83 bits per heavy atom. The van der Waals surface area contributed by atoms with Crippen molar-refractivity contribution >= 4 is 40.9 Å². The summed E-state index contributed by atoms with van der Waals surface area (Å²) in [7, 11) is 0. The minimum absolute atomic E-state index is 0.00585. The quantitative estimate of drug-likeness (QED) is 0.523. The number of aromatic nitrogens is 1. The van der Waals surface area contributed by atoms with E-state index in [1.54, 1.807) is 23.9 Å². The molecule has 6 rings (SSSR count). The van der Waals surface area contributed by atoms with Crippen LogP contribution in [0.4, 0.5) is 0 Å². The van der Waals surface area contributed by atoms with Crippen LogP contribution in [0.3, 0.4) is 0 Å². The summed E-state index contributed by atoms with van der Waals surface area (Å²) in [5.74, 6) is -3.28. The number of aromatic hydroxyl groups is 1. The number of carbonyl (C=O) groups excluding carboxylic acids is 2. The van der Waals surface area contributed by atoms with Gasteiger partial charge in [-0.15, -0.1) is 11.8 Å². The molecular formula is C25H26N2O6S2. The van der Waals surface area contributed by atoms with Crippen molar-refractivity contribution in [2.75, 3.05) is 0 Å². The Hall–Kier alpha value is -2.59. The molecule has 3 fully saturated rings. The molecule has 1 aromatic carbocycles. The minimum Gasteiger partial charge on any atom is -0.508 e. The third-order valence-electron chi connectivity index (χ3n) is 8.32. The number of imide groups is 1. The third-order valence-corrected chi connectivity index (χ3v) is 10.9. The van der Waals surface area contributed by atoms with E-state index in [2.05, 4.69) is 4.98 Å². The van der Waals surface area contributed by atoms with Crippen LogP contribution in [0, 0.1) is 35.5 Å². The molecule has 0 radical (unpaired) electrons. The molecule has 8 atom stereocenters. The summed E-state index contributed by atoms with van der Waals surface area (Å²) in [6.45, 7) is 3.76. The molecule has 3 heterocycles. The first-order chi connectivity index (χ1) is 16.7. The molecule has 0 spiro atoms. The number of aromatic amines is 1. The van der Waals surface area contributed by atoms with Crippen LogP contribution in [0.5, 0.6) is 5.75 Å². The maximum atomic E-state index is 13.7. The fourth-order valence-corrected chi connectivity index (χ4v) is 10.1. The number of carboxylic acid groups (broad SMARTS) is 1. The second-order valence-corrected chi connectivity index (χ2v) is 12.8. The average Bonchev–Trinajstić information content (AvgIpc) is 3.52. The summed E-state index contributed by atoms with van der Waals surface area (Å²) < 4.78 is 0. The molecule has 0 unspecified atom stereocenters. The number of aliphatic carboxylic acids is 1. The fraction of sp³-hybridized carbons (Fsp3) is 0.520. The number of likely N-dealkylation sites (tertiary alicyclic amines) is 1. The number of carboxylic acids is 1. The van der Waals surface area contributed by atoms with Crippen molar-refractivity contribution in [2.24, 2.45) is 35.5 Å². The number of phenols is 1. The van der Waals surface area contributed by atoms with E-state index < -0.39 is 23.8 Å². The number of phenolic OH excluding ortho intramolecular Hbond substituents is 1.